The highest BCUT2D eigenvalue weighted by Crippen LogP contribution is 2.32. The lowest BCUT2D eigenvalue weighted by atomic mass is 10.2. The molecular formula is C17H15N5O2S. The molecule has 0 aliphatic rings. The first-order valence-electron chi connectivity index (χ1n) is 7.51. The summed E-state index contributed by atoms with van der Waals surface area (Å²) in [7, 11) is 3.21. The van der Waals surface area contributed by atoms with Crippen LogP contribution < -0.4 is 14.8 Å². The van der Waals surface area contributed by atoms with Gasteiger partial charge in [0.2, 0.25) is 0 Å². The minimum Gasteiger partial charge on any atom is -0.493 e. The van der Waals surface area contributed by atoms with E-state index >= 15 is 0 Å². The highest BCUT2D eigenvalue weighted by atomic mass is 32.1. The second-order valence-corrected chi connectivity index (χ2v) is 6.01. The van der Waals surface area contributed by atoms with Crippen LogP contribution in [-0.4, -0.2) is 34.4 Å². The summed E-state index contributed by atoms with van der Waals surface area (Å²) in [6, 6.07) is 7.59. The van der Waals surface area contributed by atoms with E-state index in [9.17, 15) is 0 Å². The predicted octanol–water partition coefficient (Wildman–Crippen LogP) is 3.84. The highest BCUT2D eigenvalue weighted by molar-refractivity contribution is 7.08. The van der Waals surface area contributed by atoms with Gasteiger partial charge in [-0.2, -0.15) is 16.4 Å². The number of aromatic amines is 1. The molecule has 0 saturated heterocycles. The van der Waals surface area contributed by atoms with Crippen LogP contribution in [0.3, 0.4) is 0 Å². The number of H-pyrrole nitrogens is 1. The lowest BCUT2D eigenvalue weighted by Crippen LogP contribution is -1.99. The van der Waals surface area contributed by atoms with Crippen molar-refractivity contribution in [2.45, 2.75) is 0 Å². The van der Waals surface area contributed by atoms with Gasteiger partial charge in [0.1, 0.15) is 11.0 Å². The topological polar surface area (TPSA) is 85.0 Å². The first kappa shape index (κ1) is 15.4. The average Bonchev–Trinajstić information content (AvgIpc) is 3.33. The maximum atomic E-state index is 5.35. The number of nitrogens with one attached hydrogen (secondary N) is 2. The fraction of sp³-hybridized carbons (Fsp3) is 0.118. The highest BCUT2D eigenvalue weighted by Gasteiger charge is 2.13. The molecule has 25 heavy (non-hydrogen) atoms. The first-order valence-corrected chi connectivity index (χ1v) is 8.45. The number of anilines is 2. The Labute approximate surface area is 147 Å². The fourth-order valence-corrected chi connectivity index (χ4v) is 3.14. The Morgan fingerprint density at radius 3 is 2.72 bits per heavy atom. The van der Waals surface area contributed by atoms with E-state index in [0.717, 1.165) is 22.3 Å². The van der Waals surface area contributed by atoms with Crippen LogP contribution in [0, 0.1) is 0 Å². The van der Waals surface area contributed by atoms with Crippen molar-refractivity contribution >= 4 is 33.9 Å². The monoisotopic (exact) mass is 353 g/mol. The third-order valence-corrected chi connectivity index (χ3v) is 4.41. The Kier molecular flexibility index (Phi) is 3.95. The van der Waals surface area contributed by atoms with Gasteiger partial charge in [0.15, 0.2) is 23.1 Å². The maximum Gasteiger partial charge on any atom is 0.163 e. The van der Waals surface area contributed by atoms with E-state index in [1.54, 1.807) is 31.8 Å². The van der Waals surface area contributed by atoms with Crippen molar-refractivity contribution < 1.29 is 9.47 Å². The van der Waals surface area contributed by atoms with E-state index < -0.39 is 0 Å². The third kappa shape index (κ3) is 2.87. The minimum absolute atomic E-state index is 0.639. The summed E-state index contributed by atoms with van der Waals surface area (Å²) in [5.74, 6) is 2.61. The van der Waals surface area contributed by atoms with Gasteiger partial charge < -0.3 is 14.8 Å². The Bertz CT molecular complexity index is 1010. The van der Waals surface area contributed by atoms with Gasteiger partial charge in [-0.15, -0.1) is 0 Å². The molecule has 0 fully saturated rings. The smallest absolute Gasteiger partial charge is 0.163 e. The summed E-state index contributed by atoms with van der Waals surface area (Å²) in [5.41, 5.74) is 3.29. The van der Waals surface area contributed by atoms with Gasteiger partial charge in [0, 0.05) is 22.7 Å². The number of aromatic nitrogens is 4. The Morgan fingerprint density at radius 1 is 1.08 bits per heavy atom. The van der Waals surface area contributed by atoms with Crippen LogP contribution in [0.5, 0.6) is 11.5 Å². The minimum atomic E-state index is 0.639. The van der Waals surface area contributed by atoms with Crippen molar-refractivity contribution in [1.29, 1.82) is 0 Å². The number of nitrogens with zero attached hydrogens (tertiary/aromatic N) is 3. The van der Waals surface area contributed by atoms with E-state index in [-0.39, 0.29) is 0 Å². The molecule has 3 heterocycles. The molecule has 0 radical (unpaired) electrons. The molecule has 0 aliphatic heterocycles. The normalized spacial score (nSPS) is 10.8. The number of benzene rings is 1. The van der Waals surface area contributed by atoms with Gasteiger partial charge in [0.25, 0.3) is 0 Å². The number of rotatable bonds is 5. The number of fused-ring (bicyclic) bond motifs is 1. The predicted molar refractivity (Wildman–Crippen MR) is 97.8 cm³/mol. The number of hydrogen-bond acceptors (Lipinski definition) is 7. The molecule has 8 heteroatoms. The number of hydrogen-bond donors (Lipinski definition) is 2. The van der Waals surface area contributed by atoms with Gasteiger partial charge in [-0.1, -0.05) is 0 Å². The molecule has 0 spiro atoms. The van der Waals surface area contributed by atoms with Crippen LogP contribution in [0.2, 0.25) is 0 Å². The molecule has 4 aromatic rings. The first-order chi connectivity index (χ1) is 12.3. The van der Waals surface area contributed by atoms with Crippen LogP contribution in [0.15, 0.2) is 41.2 Å². The van der Waals surface area contributed by atoms with E-state index in [1.165, 1.54) is 0 Å². The number of methoxy groups -OCH3 is 2. The molecule has 0 aliphatic carbocycles. The van der Waals surface area contributed by atoms with E-state index in [0.29, 0.717) is 23.1 Å². The lowest BCUT2D eigenvalue weighted by Gasteiger charge is -2.12. The molecule has 0 amide bonds. The summed E-state index contributed by atoms with van der Waals surface area (Å²) in [6.45, 7) is 0. The maximum absolute atomic E-state index is 5.35. The van der Waals surface area contributed by atoms with Crippen molar-refractivity contribution in [2.24, 2.45) is 0 Å². The second kappa shape index (κ2) is 6.40. The third-order valence-electron chi connectivity index (χ3n) is 3.73. The molecule has 1 aromatic carbocycles. The summed E-state index contributed by atoms with van der Waals surface area (Å²) in [6.07, 6.45) is 1.69. The van der Waals surface area contributed by atoms with Crippen molar-refractivity contribution in [1.82, 2.24) is 20.2 Å². The Balaban J connectivity index is 1.77. The molecule has 0 atom stereocenters. The van der Waals surface area contributed by atoms with Gasteiger partial charge in [-0.05, 0) is 23.6 Å². The molecular weight excluding hydrogens is 338 g/mol. The molecule has 0 unspecified atom stereocenters. The van der Waals surface area contributed by atoms with Crippen molar-refractivity contribution in [3.63, 3.8) is 0 Å². The average molecular weight is 353 g/mol. The van der Waals surface area contributed by atoms with Crippen LogP contribution in [0.1, 0.15) is 0 Å². The SMILES string of the molecule is COc1ccc(Nc2nc(-c3ccsc3)nc3cn[nH]c23)cc1OC. The largest absolute Gasteiger partial charge is 0.493 e. The zero-order valence-corrected chi connectivity index (χ0v) is 14.4. The lowest BCUT2D eigenvalue weighted by molar-refractivity contribution is 0.355. The van der Waals surface area contributed by atoms with Crippen LogP contribution in [0.25, 0.3) is 22.4 Å². The summed E-state index contributed by atoms with van der Waals surface area (Å²) in [4.78, 5) is 9.21. The molecule has 0 bridgehead atoms. The Hall–Kier alpha value is -3.13. The quantitative estimate of drug-likeness (QED) is 0.567. The number of ether oxygens (including phenoxy) is 2. The summed E-state index contributed by atoms with van der Waals surface area (Å²) < 4.78 is 10.6. The standard InChI is InChI=1S/C17H15N5O2S/c1-23-13-4-3-11(7-14(13)24-2)19-17-15-12(8-18-22-15)20-16(21-17)10-5-6-25-9-10/h3-9H,1-2H3,(H,18,22)(H,19,20,21). The molecule has 3 aromatic heterocycles. The zero-order valence-electron chi connectivity index (χ0n) is 13.6. The van der Waals surface area contributed by atoms with Crippen LogP contribution >= 0.6 is 11.3 Å². The van der Waals surface area contributed by atoms with Crippen LogP contribution in [0.4, 0.5) is 11.5 Å². The molecule has 7 nitrogen and oxygen atoms in total. The van der Waals surface area contributed by atoms with Crippen LogP contribution in [-0.2, 0) is 0 Å². The molecule has 0 saturated carbocycles. The second-order valence-electron chi connectivity index (χ2n) is 5.23. The van der Waals surface area contributed by atoms with E-state index in [4.69, 9.17) is 9.47 Å². The summed E-state index contributed by atoms with van der Waals surface area (Å²) in [5, 5.41) is 14.3. The van der Waals surface area contributed by atoms with Gasteiger partial charge >= 0.3 is 0 Å². The van der Waals surface area contributed by atoms with Crippen molar-refractivity contribution in [3.05, 3.63) is 41.2 Å². The molecule has 4 rings (SSSR count). The fourth-order valence-electron chi connectivity index (χ4n) is 2.50. The van der Waals surface area contributed by atoms with Gasteiger partial charge in [0.05, 0.1) is 20.4 Å². The molecule has 126 valence electrons. The Morgan fingerprint density at radius 2 is 1.96 bits per heavy atom. The van der Waals surface area contributed by atoms with E-state index in [2.05, 4.69) is 25.5 Å². The van der Waals surface area contributed by atoms with Crippen molar-refractivity contribution in [2.75, 3.05) is 19.5 Å². The zero-order chi connectivity index (χ0) is 17.2. The van der Waals surface area contributed by atoms with E-state index in [1.807, 2.05) is 35.0 Å². The van der Waals surface area contributed by atoms with Gasteiger partial charge in [-0.3, -0.25) is 5.10 Å². The number of thiophene rings is 1. The van der Waals surface area contributed by atoms with Crippen molar-refractivity contribution in [3.8, 4) is 22.9 Å². The molecule has 2 N–H and O–H groups in total. The summed E-state index contributed by atoms with van der Waals surface area (Å²) >= 11 is 1.61. The van der Waals surface area contributed by atoms with Gasteiger partial charge in [-0.25, -0.2) is 9.97 Å².